The lowest BCUT2D eigenvalue weighted by Gasteiger charge is -2.24. The van der Waals surface area contributed by atoms with E-state index in [1.807, 2.05) is 19.9 Å². The van der Waals surface area contributed by atoms with E-state index in [-0.39, 0.29) is 12.1 Å². The van der Waals surface area contributed by atoms with Gasteiger partial charge in [-0.3, -0.25) is 4.90 Å². The van der Waals surface area contributed by atoms with Gasteiger partial charge in [0.15, 0.2) is 0 Å². The Balaban J connectivity index is 1.89. The van der Waals surface area contributed by atoms with Crippen molar-refractivity contribution < 1.29 is 4.74 Å². The molecule has 0 spiro atoms. The predicted octanol–water partition coefficient (Wildman–Crippen LogP) is 3.67. The van der Waals surface area contributed by atoms with Gasteiger partial charge < -0.3 is 10.5 Å². The van der Waals surface area contributed by atoms with Crippen molar-refractivity contribution in [3.05, 3.63) is 35.9 Å². The average molecular weight is 326 g/mol. The van der Waals surface area contributed by atoms with E-state index >= 15 is 0 Å². The fourth-order valence-corrected chi connectivity index (χ4v) is 3.19. The molecule has 1 aromatic heterocycles. The number of ether oxygens (including phenoxy) is 1. The lowest BCUT2D eigenvalue weighted by atomic mass is 10.0. The molecular weight excluding hydrogens is 300 g/mol. The van der Waals surface area contributed by atoms with Crippen LogP contribution in [0.3, 0.4) is 0 Å². The van der Waals surface area contributed by atoms with Crippen LogP contribution in [0.1, 0.15) is 45.2 Å². The summed E-state index contributed by atoms with van der Waals surface area (Å²) in [6.45, 7) is 8.56. The number of nitrogens with zero attached hydrogens (tertiary/aromatic N) is 3. The fourth-order valence-electron chi connectivity index (χ4n) is 3.19. The van der Waals surface area contributed by atoms with Gasteiger partial charge in [0.1, 0.15) is 0 Å². The van der Waals surface area contributed by atoms with Crippen molar-refractivity contribution in [2.75, 3.05) is 18.8 Å². The van der Waals surface area contributed by atoms with Crippen molar-refractivity contribution in [3.8, 4) is 17.1 Å². The molecule has 0 bridgehead atoms. The summed E-state index contributed by atoms with van der Waals surface area (Å²) in [4.78, 5) is 11.1. The second-order valence-electron chi connectivity index (χ2n) is 6.66. The molecular formula is C19H26N4O. The van der Waals surface area contributed by atoms with Gasteiger partial charge in [0.05, 0.1) is 11.8 Å². The molecule has 1 fully saturated rings. The Labute approximate surface area is 143 Å². The molecule has 1 atom stereocenters. The summed E-state index contributed by atoms with van der Waals surface area (Å²) < 4.78 is 5.68. The molecule has 1 aliphatic rings. The second-order valence-corrected chi connectivity index (χ2v) is 6.66. The zero-order valence-corrected chi connectivity index (χ0v) is 14.7. The van der Waals surface area contributed by atoms with E-state index in [2.05, 4.69) is 46.1 Å². The highest BCUT2D eigenvalue weighted by atomic mass is 16.5. The van der Waals surface area contributed by atoms with Crippen LogP contribution in [0.4, 0.5) is 5.95 Å². The maximum absolute atomic E-state index is 5.86. The predicted molar refractivity (Wildman–Crippen MR) is 96.9 cm³/mol. The number of anilines is 1. The third-order valence-electron chi connectivity index (χ3n) is 4.43. The Kier molecular flexibility index (Phi) is 5.00. The lowest BCUT2D eigenvalue weighted by molar-refractivity contribution is 0.233. The topological polar surface area (TPSA) is 64.3 Å². The Morgan fingerprint density at radius 3 is 2.54 bits per heavy atom. The van der Waals surface area contributed by atoms with Crippen LogP contribution < -0.4 is 10.5 Å². The van der Waals surface area contributed by atoms with Crippen molar-refractivity contribution in [2.24, 2.45) is 0 Å². The van der Waals surface area contributed by atoms with Gasteiger partial charge in [-0.1, -0.05) is 18.2 Å². The summed E-state index contributed by atoms with van der Waals surface area (Å²) >= 11 is 0. The quantitative estimate of drug-likeness (QED) is 0.908. The van der Waals surface area contributed by atoms with Gasteiger partial charge in [-0.15, -0.1) is 0 Å². The maximum atomic E-state index is 5.86. The Morgan fingerprint density at radius 1 is 1.08 bits per heavy atom. The van der Waals surface area contributed by atoms with Gasteiger partial charge in [0.2, 0.25) is 11.8 Å². The molecule has 5 heteroatoms. The number of nitrogen functional groups attached to an aromatic ring is 1. The Hall–Kier alpha value is -2.14. The van der Waals surface area contributed by atoms with Crippen molar-refractivity contribution in [2.45, 2.75) is 45.8 Å². The number of aromatic nitrogens is 2. The second kappa shape index (κ2) is 7.18. The molecule has 1 unspecified atom stereocenters. The average Bonchev–Trinajstić information content (AvgIpc) is 3.07. The number of benzene rings is 1. The first-order chi connectivity index (χ1) is 11.5. The lowest BCUT2D eigenvalue weighted by Crippen LogP contribution is -2.23. The third kappa shape index (κ3) is 3.85. The minimum absolute atomic E-state index is 0.0497. The smallest absolute Gasteiger partial charge is 0.223 e. The monoisotopic (exact) mass is 326 g/mol. The molecule has 2 N–H and O–H groups in total. The molecule has 1 saturated heterocycles. The molecule has 0 amide bonds. The summed E-state index contributed by atoms with van der Waals surface area (Å²) in [5, 5.41) is 0. The molecule has 0 saturated carbocycles. The molecule has 5 nitrogen and oxygen atoms in total. The highest BCUT2D eigenvalue weighted by Crippen LogP contribution is 2.29. The van der Waals surface area contributed by atoms with Gasteiger partial charge in [0, 0.05) is 17.7 Å². The van der Waals surface area contributed by atoms with Gasteiger partial charge in [0.25, 0.3) is 0 Å². The van der Waals surface area contributed by atoms with Crippen molar-refractivity contribution in [1.29, 1.82) is 0 Å². The molecule has 1 aromatic carbocycles. The van der Waals surface area contributed by atoms with E-state index in [4.69, 9.17) is 10.5 Å². The van der Waals surface area contributed by atoms with Crippen LogP contribution in [0.25, 0.3) is 11.3 Å². The molecule has 2 aromatic rings. The van der Waals surface area contributed by atoms with Gasteiger partial charge >= 0.3 is 0 Å². The van der Waals surface area contributed by atoms with Crippen LogP contribution in [0, 0.1) is 0 Å². The minimum atomic E-state index is 0.0497. The normalized spacial score (nSPS) is 16.5. The first-order valence-electron chi connectivity index (χ1n) is 8.68. The fraction of sp³-hybridized carbons (Fsp3) is 0.474. The van der Waals surface area contributed by atoms with E-state index in [0.717, 1.165) is 11.3 Å². The summed E-state index contributed by atoms with van der Waals surface area (Å²) in [5.74, 6) is 0.756. The van der Waals surface area contributed by atoms with Crippen LogP contribution in [-0.2, 0) is 0 Å². The van der Waals surface area contributed by atoms with Gasteiger partial charge in [-0.05, 0) is 58.3 Å². The Bertz CT molecular complexity index is 696. The first kappa shape index (κ1) is 16.7. The first-order valence-corrected chi connectivity index (χ1v) is 8.68. The number of rotatable bonds is 5. The summed E-state index contributed by atoms with van der Waals surface area (Å²) in [6.07, 6.45) is 2.64. The highest BCUT2D eigenvalue weighted by molar-refractivity contribution is 5.62. The maximum Gasteiger partial charge on any atom is 0.223 e. The van der Waals surface area contributed by atoms with E-state index in [9.17, 15) is 0 Å². The van der Waals surface area contributed by atoms with E-state index in [1.54, 1.807) is 0 Å². The Morgan fingerprint density at radius 2 is 1.83 bits per heavy atom. The zero-order valence-electron chi connectivity index (χ0n) is 14.7. The molecule has 3 rings (SSSR count). The van der Waals surface area contributed by atoms with Crippen molar-refractivity contribution in [3.63, 3.8) is 0 Å². The van der Waals surface area contributed by atoms with Gasteiger partial charge in [-0.2, -0.15) is 4.98 Å². The number of likely N-dealkylation sites (tertiary alicyclic amines) is 1. The van der Waals surface area contributed by atoms with Crippen molar-refractivity contribution in [1.82, 2.24) is 14.9 Å². The zero-order chi connectivity index (χ0) is 17.1. The minimum Gasteiger partial charge on any atom is -0.475 e. The van der Waals surface area contributed by atoms with Crippen molar-refractivity contribution >= 4 is 5.95 Å². The van der Waals surface area contributed by atoms with E-state index in [0.29, 0.717) is 11.9 Å². The van der Waals surface area contributed by atoms with Crippen LogP contribution in [0.15, 0.2) is 30.3 Å². The van der Waals surface area contributed by atoms with Crippen LogP contribution >= 0.6 is 0 Å². The molecule has 0 aliphatic carbocycles. The standard InChI is InChI=1S/C19H26N4O/c1-13(2)24-18-12-17(21-19(20)22-18)16-8-6-7-15(11-16)14(3)23-9-4-5-10-23/h6-8,11-14H,4-5,9-10H2,1-3H3,(H2,20,21,22). The number of nitrogens with two attached hydrogens (primary N) is 1. The van der Waals surface area contributed by atoms with Crippen LogP contribution in [0.2, 0.25) is 0 Å². The highest BCUT2D eigenvalue weighted by Gasteiger charge is 2.19. The molecule has 128 valence electrons. The van der Waals surface area contributed by atoms with Crippen LogP contribution in [-0.4, -0.2) is 34.1 Å². The summed E-state index contributed by atoms with van der Waals surface area (Å²) in [6, 6.07) is 10.8. The molecule has 0 radical (unpaired) electrons. The third-order valence-corrected chi connectivity index (χ3v) is 4.43. The molecule has 1 aliphatic heterocycles. The van der Waals surface area contributed by atoms with Crippen LogP contribution in [0.5, 0.6) is 5.88 Å². The summed E-state index contributed by atoms with van der Waals surface area (Å²) in [5.41, 5.74) is 9.01. The SMILES string of the molecule is CC(C)Oc1cc(-c2cccc(C(C)N3CCCC3)c2)nc(N)n1. The number of hydrogen-bond acceptors (Lipinski definition) is 5. The van der Waals surface area contributed by atoms with E-state index < -0.39 is 0 Å². The van der Waals surface area contributed by atoms with Gasteiger partial charge in [-0.25, -0.2) is 4.98 Å². The summed E-state index contributed by atoms with van der Waals surface area (Å²) in [7, 11) is 0. The molecule has 2 heterocycles. The molecule has 24 heavy (non-hydrogen) atoms. The van der Waals surface area contributed by atoms with E-state index in [1.165, 1.54) is 31.5 Å². The largest absolute Gasteiger partial charge is 0.475 e. The number of hydrogen-bond donors (Lipinski definition) is 1.